The van der Waals surface area contributed by atoms with Crippen LogP contribution >= 0.6 is 0 Å². The SMILES string of the molecule is Cn1ccc2ccc(CCC(C)(C)N)cc21. The number of benzene rings is 1. The largest absolute Gasteiger partial charge is 0.351 e. The number of rotatable bonds is 3. The molecule has 0 radical (unpaired) electrons. The van der Waals surface area contributed by atoms with Crippen molar-refractivity contribution in [3.63, 3.8) is 0 Å². The predicted molar refractivity (Wildman–Crippen MR) is 69.5 cm³/mol. The lowest BCUT2D eigenvalue weighted by Gasteiger charge is -2.18. The molecule has 1 aromatic heterocycles. The highest BCUT2D eigenvalue weighted by atomic mass is 14.9. The molecule has 0 aliphatic rings. The van der Waals surface area contributed by atoms with Crippen LogP contribution < -0.4 is 5.73 Å². The minimum Gasteiger partial charge on any atom is -0.351 e. The number of nitrogens with two attached hydrogens (primary N) is 1. The van der Waals surface area contributed by atoms with E-state index in [4.69, 9.17) is 5.73 Å². The van der Waals surface area contributed by atoms with Gasteiger partial charge in [0.05, 0.1) is 0 Å². The van der Waals surface area contributed by atoms with Crippen LogP contribution in [0.5, 0.6) is 0 Å². The van der Waals surface area contributed by atoms with Crippen LogP contribution in [0.3, 0.4) is 0 Å². The van der Waals surface area contributed by atoms with E-state index in [0.29, 0.717) is 0 Å². The van der Waals surface area contributed by atoms with Crippen LogP contribution in [0.25, 0.3) is 10.9 Å². The lowest BCUT2D eigenvalue weighted by Crippen LogP contribution is -2.32. The first-order chi connectivity index (χ1) is 7.46. The minimum atomic E-state index is -0.0802. The average Bonchev–Trinajstić information content (AvgIpc) is 2.56. The summed E-state index contributed by atoms with van der Waals surface area (Å²) in [5.41, 5.74) is 8.59. The molecule has 0 saturated carbocycles. The molecule has 16 heavy (non-hydrogen) atoms. The van der Waals surface area contributed by atoms with Crippen molar-refractivity contribution in [2.75, 3.05) is 0 Å². The first kappa shape index (κ1) is 11.2. The van der Waals surface area contributed by atoms with Crippen LogP contribution in [-0.4, -0.2) is 10.1 Å². The third-order valence-corrected chi connectivity index (χ3v) is 3.01. The Kier molecular flexibility index (Phi) is 2.76. The summed E-state index contributed by atoms with van der Waals surface area (Å²) >= 11 is 0. The van der Waals surface area contributed by atoms with Gasteiger partial charge >= 0.3 is 0 Å². The molecule has 0 spiro atoms. The van der Waals surface area contributed by atoms with Crippen LogP contribution in [0.15, 0.2) is 30.5 Å². The Bertz CT molecular complexity index is 489. The zero-order valence-corrected chi connectivity index (χ0v) is 10.3. The molecule has 0 atom stereocenters. The fraction of sp³-hybridized carbons (Fsp3) is 0.429. The Hall–Kier alpha value is -1.28. The molecule has 0 amide bonds. The van der Waals surface area contributed by atoms with Crippen molar-refractivity contribution >= 4 is 10.9 Å². The van der Waals surface area contributed by atoms with Gasteiger partial charge in [-0.3, -0.25) is 0 Å². The van der Waals surface area contributed by atoms with Gasteiger partial charge in [0, 0.05) is 24.3 Å². The van der Waals surface area contributed by atoms with Crippen LogP contribution in [0.2, 0.25) is 0 Å². The van der Waals surface area contributed by atoms with Crippen molar-refractivity contribution in [1.82, 2.24) is 4.57 Å². The molecular formula is C14H20N2. The van der Waals surface area contributed by atoms with E-state index in [1.54, 1.807) is 0 Å². The lowest BCUT2D eigenvalue weighted by molar-refractivity contribution is 0.477. The van der Waals surface area contributed by atoms with Crippen molar-refractivity contribution in [2.45, 2.75) is 32.2 Å². The number of aromatic nitrogens is 1. The van der Waals surface area contributed by atoms with Gasteiger partial charge in [0.25, 0.3) is 0 Å². The Morgan fingerprint density at radius 2 is 2.00 bits per heavy atom. The first-order valence-electron chi connectivity index (χ1n) is 5.78. The first-order valence-corrected chi connectivity index (χ1v) is 5.78. The van der Waals surface area contributed by atoms with Crippen molar-refractivity contribution in [2.24, 2.45) is 12.8 Å². The van der Waals surface area contributed by atoms with Crippen molar-refractivity contribution in [1.29, 1.82) is 0 Å². The summed E-state index contributed by atoms with van der Waals surface area (Å²) in [6.07, 6.45) is 4.16. The molecule has 0 saturated heterocycles. The number of hydrogen-bond acceptors (Lipinski definition) is 1. The van der Waals surface area contributed by atoms with Gasteiger partial charge in [-0.05, 0) is 49.8 Å². The molecular weight excluding hydrogens is 196 g/mol. The van der Waals surface area contributed by atoms with Gasteiger partial charge in [0.15, 0.2) is 0 Å². The molecule has 2 aromatic rings. The van der Waals surface area contributed by atoms with Gasteiger partial charge in [-0.25, -0.2) is 0 Å². The van der Waals surface area contributed by atoms with E-state index >= 15 is 0 Å². The average molecular weight is 216 g/mol. The molecule has 2 N–H and O–H groups in total. The zero-order chi connectivity index (χ0) is 11.8. The normalized spacial score (nSPS) is 12.2. The highest BCUT2D eigenvalue weighted by Gasteiger charge is 2.10. The van der Waals surface area contributed by atoms with Gasteiger partial charge in [-0.1, -0.05) is 12.1 Å². The van der Waals surface area contributed by atoms with E-state index in [1.807, 2.05) is 0 Å². The summed E-state index contributed by atoms with van der Waals surface area (Å²) in [5, 5.41) is 1.30. The van der Waals surface area contributed by atoms with Gasteiger partial charge < -0.3 is 10.3 Å². The van der Waals surface area contributed by atoms with E-state index in [-0.39, 0.29) is 5.54 Å². The molecule has 0 fully saturated rings. The highest BCUT2D eigenvalue weighted by Crippen LogP contribution is 2.19. The Morgan fingerprint density at radius 3 is 2.69 bits per heavy atom. The molecule has 2 nitrogen and oxygen atoms in total. The molecule has 1 aromatic carbocycles. The highest BCUT2D eigenvalue weighted by molar-refractivity contribution is 5.80. The summed E-state index contributed by atoms with van der Waals surface area (Å²) in [6, 6.07) is 8.80. The maximum absolute atomic E-state index is 6.00. The summed E-state index contributed by atoms with van der Waals surface area (Å²) in [6.45, 7) is 4.15. The monoisotopic (exact) mass is 216 g/mol. The van der Waals surface area contributed by atoms with E-state index in [9.17, 15) is 0 Å². The van der Waals surface area contributed by atoms with Gasteiger partial charge in [-0.15, -0.1) is 0 Å². The maximum atomic E-state index is 6.00. The van der Waals surface area contributed by atoms with Crippen LogP contribution in [-0.2, 0) is 13.5 Å². The molecule has 0 bridgehead atoms. The van der Waals surface area contributed by atoms with E-state index < -0.39 is 0 Å². The van der Waals surface area contributed by atoms with Crippen LogP contribution in [0.4, 0.5) is 0 Å². The summed E-state index contributed by atoms with van der Waals surface area (Å²) in [4.78, 5) is 0. The van der Waals surface area contributed by atoms with Crippen molar-refractivity contribution in [3.8, 4) is 0 Å². The molecule has 0 aliphatic heterocycles. The van der Waals surface area contributed by atoms with Crippen molar-refractivity contribution in [3.05, 3.63) is 36.0 Å². The van der Waals surface area contributed by atoms with Crippen LogP contribution in [0, 0.1) is 0 Å². The smallest absolute Gasteiger partial charge is 0.0480 e. The van der Waals surface area contributed by atoms with E-state index in [2.05, 4.69) is 55.9 Å². The van der Waals surface area contributed by atoms with E-state index in [0.717, 1.165) is 12.8 Å². The molecule has 1 heterocycles. The third kappa shape index (κ3) is 2.45. The predicted octanol–water partition coefficient (Wildman–Crippen LogP) is 2.85. The van der Waals surface area contributed by atoms with Crippen molar-refractivity contribution < 1.29 is 0 Å². The van der Waals surface area contributed by atoms with Gasteiger partial charge in [0.2, 0.25) is 0 Å². The van der Waals surface area contributed by atoms with Gasteiger partial charge in [0.1, 0.15) is 0 Å². The number of nitrogens with zero attached hydrogens (tertiary/aromatic N) is 1. The van der Waals surface area contributed by atoms with E-state index in [1.165, 1.54) is 16.5 Å². The second kappa shape index (κ2) is 3.95. The molecule has 0 aliphatic carbocycles. The standard InChI is InChI=1S/C14H20N2/c1-14(2,15)8-6-11-4-5-12-7-9-16(3)13(12)10-11/h4-5,7,9-10H,6,8,15H2,1-3H3. The molecule has 0 unspecified atom stereocenters. The fourth-order valence-corrected chi connectivity index (χ4v) is 1.93. The minimum absolute atomic E-state index is 0.0802. The Balaban J connectivity index is 2.22. The summed E-state index contributed by atoms with van der Waals surface area (Å²) in [7, 11) is 2.08. The summed E-state index contributed by atoms with van der Waals surface area (Å²) < 4.78 is 2.16. The van der Waals surface area contributed by atoms with Gasteiger partial charge in [-0.2, -0.15) is 0 Å². The third-order valence-electron chi connectivity index (χ3n) is 3.01. The molecule has 86 valence electrons. The van der Waals surface area contributed by atoms with Crippen LogP contribution in [0.1, 0.15) is 25.8 Å². The Morgan fingerprint density at radius 1 is 1.25 bits per heavy atom. The molecule has 2 rings (SSSR count). The zero-order valence-electron chi connectivity index (χ0n) is 10.3. The molecule has 2 heteroatoms. The summed E-state index contributed by atoms with van der Waals surface area (Å²) in [5.74, 6) is 0. The fourth-order valence-electron chi connectivity index (χ4n) is 1.93. The lowest BCUT2D eigenvalue weighted by atomic mass is 9.96. The number of fused-ring (bicyclic) bond motifs is 1. The number of aryl methyl sites for hydroxylation is 2. The Labute approximate surface area is 97.1 Å². The maximum Gasteiger partial charge on any atom is 0.0480 e. The second-order valence-corrected chi connectivity index (χ2v) is 5.31. The second-order valence-electron chi connectivity index (χ2n) is 5.31. The number of hydrogen-bond donors (Lipinski definition) is 1. The quantitative estimate of drug-likeness (QED) is 0.840. The topological polar surface area (TPSA) is 30.9 Å².